The van der Waals surface area contributed by atoms with Gasteiger partial charge in [-0.15, -0.1) is 0 Å². The van der Waals surface area contributed by atoms with Gasteiger partial charge in [-0.1, -0.05) is 15.9 Å². The van der Waals surface area contributed by atoms with Gasteiger partial charge in [-0.3, -0.25) is 4.79 Å². The maximum atomic E-state index is 11.3. The molecule has 1 unspecified atom stereocenters. The molecule has 0 N–H and O–H groups in total. The zero-order valence-electron chi connectivity index (χ0n) is 11.4. The molecule has 0 radical (unpaired) electrons. The number of carbonyl (C=O) groups excluding carboxylic acids is 1. The van der Waals surface area contributed by atoms with Crippen molar-refractivity contribution in [2.45, 2.75) is 11.8 Å². The van der Waals surface area contributed by atoms with E-state index in [1.807, 2.05) is 19.1 Å². The highest BCUT2D eigenvalue weighted by Crippen LogP contribution is 2.38. The van der Waals surface area contributed by atoms with E-state index in [4.69, 9.17) is 14.2 Å². The molecule has 0 saturated heterocycles. The van der Waals surface area contributed by atoms with E-state index in [-0.39, 0.29) is 6.61 Å². The van der Waals surface area contributed by atoms with Crippen molar-refractivity contribution < 1.29 is 23.7 Å². The van der Waals surface area contributed by atoms with Crippen LogP contribution in [-0.2, 0) is 9.53 Å². The van der Waals surface area contributed by atoms with Gasteiger partial charge in [0.2, 0.25) is 5.75 Å². The molecule has 0 aliphatic rings. The van der Waals surface area contributed by atoms with Crippen LogP contribution in [0.4, 0.5) is 0 Å². The van der Waals surface area contributed by atoms with Crippen molar-refractivity contribution in [3.8, 4) is 17.2 Å². The highest BCUT2D eigenvalue weighted by atomic mass is 79.9. The third-order valence-corrected chi connectivity index (χ3v) is 3.07. The number of aryl methyl sites for hydroxylation is 1. The Morgan fingerprint density at radius 3 is 2.16 bits per heavy atom. The average molecular weight is 333 g/mol. The molecule has 0 fully saturated rings. The van der Waals surface area contributed by atoms with Gasteiger partial charge < -0.3 is 18.9 Å². The Hall–Kier alpha value is -1.43. The molecule has 0 heterocycles. The van der Waals surface area contributed by atoms with E-state index in [1.54, 1.807) is 14.2 Å². The van der Waals surface area contributed by atoms with Crippen molar-refractivity contribution in [2.24, 2.45) is 0 Å². The first-order valence-electron chi connectivity index (χ1n) is 5.60. The standard InChI is InChI=1S/C13H17BrO5/c1-8-5-10(16-2)12(11(6-8)17-3)19-7-9(14)13(15)18-4/h5-6,9H,7H2,1-4H3. The lowest BCUT2D eigenvalue weighted by Gasteiger charge is -2.16. The second-order valence-corrected chi connectivity index (χ2v) is 4.91. The molecule has 1 aromatic rings. The summed E-state index contributed by atoms with van der Waals surface area (Å²) >= 11 is 3.19. The van der Waals surface area contributed by atoms with Crippen molar-refractivity contribution in [1.29, 1.82) is 0 Å². The summed E-state index contributed by atoms with van der Waals surface area (Å²) < 4.78 is 20.7. The number of methoxy groups -OCH3 is 3. The van der Waals surface area contributed by atoms with Gasteiger partial charge in [0, 0.05) is 0 Å². The monoisotopic (exact) mass is 332 g/mol. The normalized spacial score (nSPS) is 11.6. The maximum absolute atomic E-state index is 11.3. The molecule has 0 bridgehead atoms. The van der Waals surface area contributed by atoms with Crippen molar-refractivity contribution in [1.82, 2.24) is 0 Å². The summed E-state index contributed by atoms with van der Waals surface area (Å²) in [5.41, 5.74) is 0.990. The fourth-order valence-electron chi connectivity index (χ4n) is 1.51. The Balaban J connectivity index is 2.90. The maximum Gasteiger partial charge on any atom is 0.322 e. The van der Waals surface area contributed by atoms with Crippen molar-refractivity contribution in [3.05, 3.63) is 17.7 Å². The molecule has 0 spiro atoms. The molecule has 1 rings (SSSR count). The summed E-state index contributed by atoms with van der Waals surface area (Å²) in [5.74, 6) is 1.18. The van der Waals surface area contributed by atoms with Crippen LogP contribution < -0.4 is 14.2 Å². The Morgan fingerprint density at radius 2 is 1.74 bits per heavy atom. The molecule has 5 nitrogen and oxygen atoms in total. The first-order valence-corrected chi connectivity index (χ1v) is 6.52. The first-order chi connectivity index (χ1) is 9.03. The van der Waals surface area contributed by atoms with E-state index >= 15 is 0 Å². The minimum Gasteiger partial charge on any atom is -0.493 e. The highest BCUT2D eigenvalue weighted by Gasteiger charge is 2.19. The number of benzene rings is 1. The van der Waals surface area contributed by atoms with Gasteiger partial charge in [0.05, 0.1) is 21.3 Å². The van der Waals surface area contributed by atoms with E-state index in [0.29, 0.717) is 17.2 Å². The predicted molar refractivity (Wildman–Crippen MR) is 74.5 cm³/mol. The number of rotatable bonds is 6. The number of hydrogen-bond donors (Lipinski definition) is 0. The molecule has 0 aliphatic carbocycles. The van der Waals surface area contributed by atoms with Gasteiger partial charge in [0.1, 0.15) is 11.4 Å². The zero-order chi connectivity index (χ0) is 14.4. The third kappa shape index (κ3) is 4.02. The molecule has 0 saturated carbocycles. The van der Waals surface area contributed by atoms with Crippen LogP contribution in [0.1, 0.15) is 5.56 Å². The minimum absolute atomic E-state index is 0.114. The second kappa shape index (κ2) is 7.23. The number of carbonyl (C=O) groups is 1. The summed E-state index contributed by atoms with van der Waals surface area (Å²) in [6.07, 6.45) is 0. The van der Waals surface area contributed by atoms with Gasteiger partial charge >= 0.3 is 5.97 Å². The molecule has 6 heteroatoms. The number of halogens is 1. The fraction of sp³-hybridized carbons (Fsp3) is 0.462. The van der Waals surface area contributed by atoms with E-state index in [2.05, 4.69) is 20.7 Å². The van der Waals surface area contributed by atoms with Gasteiger partial charge in [-0.2, -0.15) is 0 Å². The van der Waals surface area contributed by atoms with Gasteiger partial charge in [0.15, 0.2) is 11.5 Å². The molecule has 1 atom stereocenters. The topological polar surface area (TPSA) is 54.0 Å². The van der Waals surface area contributed by atoms with Crippen molar-refractivity contribution in [3.63, 3.8) is 0 Å². The molecular weight excluding hydrogens is 316 g/mol. The van der Waals surface area contributed by atoms with Crippen LogP contribution >= 0.6 is 15.9 Å². The molecule has 19 heavy (non-hydrogen) atoms. The molecular formula is C13H17BrO5. The summed E-state index contributed by atoms with van der Waals surface area (Å²) in [5, 5.41) is 0. The summed E-state index contributed by atoms with van der Waals surface area (Å²) in [6, 6.07) is 3.67. The predicted octanol–water partition coefficient (Wildman–Crippen LogP) is 2.33. The number of hydrogen-bond acceptors (Lipinski definition) is 5. The Kier molecular flexibility index (Phi) is 5.95. The summed E-state index contributed by atoms with van der Waals surface area (Å²) in [6.45, 7) is 2.04. The fourth-order valence-corrected chi connectivity index (χ4v) is 1.82. The zero-order valence-corrected chi connectivity index (χ0v) is 12.9. The Morgan fingerprint density at radius 1 is 1.21 bits per heavy atom. The Labute approximate surface area is 120 Å². The van der Waals surface area contributed by atoms with Gasteiger partial charge in [0.25, 0.3) is 0 Å². The lowest BCUT2D eigenvalue weighted by atomic mass is 10.2. The van der Waals surface area contributed by atoms with Gasteiger partial charge in [-0.25, -0.2) is 0 Å². The van der Waals surface area contributed by atoms with Crippen LogP contribution in [0, 0.1) is 6.92 Å². The summed E-state index contributed by atoms with van der Waals surface area (Å²) in [7, 11) is 4.42. The number of alkyl halides is 1. The minimum atomic E-state index is -0.548. The van der Waals surface area contributed by atoms with E-state index in [0.717, 1.165) is 5.56 Å². The highest BCUT2D eigenvalue weighted by molar-refractivity contribution is 9.10. The number of ether oxygens (including phenoxy) is 4. The largest absolute Gasteiger partial charge is 0.493 e. The lowest BCUT2D eigenvalue weighted by Crippen LogP contribution is -2.23. The molecule has 0 amide bonds. The van der Waals surface area contributed by atoms with Crippen LogP contribution in [0.25, 0.3) is 0 Å². The Bertz CT molecular complexity index is 422. The third-order valence-electron chi connectivity index (χ3n) is 2.44. The van der Waals surface area contributed by atoms with Crippen LogP contribution in [0.15, 0.2) is 12.1 Å². The lowest BCUT2D eigenvalue weighted by molar-refractivity contribution is -0.140. The first kappa shape index (κ1) is 15.6. The van der Waals surface area contributed by atoms with Gasteiger partial charge in [-0.05, 0) is 24.6 Å². The summed E-state index contributed by atoms with van der Waals surface area (Å²) in [4.78, 5) is 10.7. The SMILES string of the molecule is COC(=O)C(Br)COc1c(OC)cc(C)cc1OC. The van der Waals surface area contributed by atoms with Crippen molar-refractivity contribution in [2.75, 3.05) is 27.9 Å². The molecule has 1 aromatic carbocycles. The average Bonchev–Trinajstić information content (AvgIpc) is 2.43. The van der Waals surface area contributed by atoms with Crippen LogP contribution in [0.3, 0.4) is 0 Å². The van der Waals surface area contributed by atoms with E-state index < -0.39 is 10.8 Å². The van der Waals surface area contributed by atoms with E-state index in [9.17, 15) is 4.79 Å². The quantitative estimate of drug-likeness (QED) is 0.591. The molecule has 106 valence electrons. The smallest absolute Gasteiger partial charge is 0.322 e. The second-order valence-electron chi connectivity index (χ2n) is 3.80. The van der Waals surface area contributed by atoms with Crippen LogP contribution in [0.2, 0.25) is 0 Å². The van der Waals surface area contributed by atoms with Crippen LogP contribution in [-0.4, -0.2) is 38.7 Å². The van der Waals surface area contributed by atoms with Crippen LogP contribution in [0.5, 0.6) is 17.2 Å². The molecule has 0 aromatic heterocycles. The molecule has 0 aliphatic heterocycles. The number of esters is 1. The van der Waals surface area contributed by atoms with Crippen molar-refractivity contribution >= 4 is 21.9 Å². The van der Waals surface area contributed by atoms with E-state index in [1.165, 1.54) is 7.11 Å².